The predicted octanol–water partition coefficient (Wildman–Crippen LogP) is 2.23. The number of nitrogens with zero attached hydrogens (tertiary/aromatic N) is 1. The first-order valence-electron chi connectivity index (χ1n) is 11.2. The van der Waals surface area contributed by atoms with E-state index in [1.54, 1.807) is 6.92 Å². The average Bonchev–Trinajstić information content (AvgIpc) is 2.67. The summed E-state index contributed by atoms with van der Waals surface area (Å²) in [5.74, 6) is -1.78. The van der Waals surface area contributed by atoms with Gasteiger partial charge in [0.15, 0.2) is 0 Å². The van der Waals surface area contributed by atoms with Gasteiger partial charge in [-0.05, 0) is 50.5 Å². The third-order valence-electron chi connectivity index (χ3n) is 5.16. The molecule has 1 fully saturated rings. The maximum atomic E-state index is 12.9. The van der Waals surface area contributed by atoms with Crippen molar-refractivity contribution >= 4 is 19.4 Å². The minimum Gasteiger partial charge on any atom is -0.639 e. The van der Waals surface area contributed by atoms with Crippen LogP contribution in [0.1, 0.15) is 72.1 Å². The van der Waals surface area contributed by atoms with E-state index < -0.39 is 31.4 Å². The molecule has 0 radical (unpaired) electrons. The molecule has 0 aromatic carbocycles. The molecule has 1 unspecified atom stereocenters. The highest BCUT2D eigenvalue weighted by Gasteiger charge is 2.26. The van der Waals surface area contributed by atoms with Crippen molar-refractivity contribution in [3.8, 4) is 0 Å². The van der Waals surface area contributed by atoms with E-state index in [-0.39, 0.29) is 18.2 Å². The zero-order valence-corrected chi connectivity index (χ0v) is 19.5. The molecule has 10 heteroatoms. The second-order valence-corrected chi connectivity index (χ2v) is 10.2. The van der Waals surface area contributed by atoms with Crippen LogP contribution in [0.3, 0.4) is 0 Å². The third-order valence-corrected chi connectivity index (χ3v) is 6.44. The highest BCUT2D eigenvalue weighted by Crippen LogP contribution is 2.46. The van der Waals surface area contributed by atoms with Crippen molar-refractivity contribution in [3.05, 3.63) is 5.32 Å². The van der Waals surface area contributed by atoms with E-state index in [4.69, 9.17) is 0 Å². The van der Waals surface area contributed by atoms with E-state index in [0.29, 0.717) is 19.4 Å². The highest BCUT2D eigenvalue weighted by atomic mass is 31.2. The van der Waals surface area contributed by atoms with E-state index >= 15 is 0 Å². The summed E-state index contributed by atoms with van der Waals surface area (Å²) in [5.41, 5.74) is 0. The number of carbonyl (C=O) groups excluding carboxylic acids is 2. The van der Waals surface area contributed by atoms with Gasteiger partial charge in [-0.25, -0.2) is 0 Å². The maximum Gasteiger partial charge on any atom is 0.308 e. The Bertz CT molecular complexity index is 569. The Morgan fingerprint density at radius 2 is 1.80 bits per heavy atom. The van der Waals surface area contributed by atoms with Gasteiger partial charge < -0.3 is 31.1 Å². The van der Waals surface area contributed by atoms with Gasteiger partial charge in [0.05, 0.1) is 0 Å². The number of amides is 2. The van der Waals surface area contributed by atoms with Gasteiger partial charge in [0.1, 0.15) is 6.04 Å². The third kappa shape index (κ3) is 10.9. The fourth-order valence-electron chi connectivity index (χ4n) is 3.48. The van der Waals surface area contributed by atoms with Crippen LogP contribution < -0.4 is 16.0 Å². The average molecular weight is 448 g/mol. The second kappa shape index (κ2) is 14.1. The normalized spacial score (nSPS) is 22.2. The highest BCUT2D eigenvalue weighted by molar-refractivity contribution is 7.52. The molecule has 1 heterocycles. The minimum atomic E-state index is -4.44. The Morgan fingerprint density at radius 3 is 2.40 bits per heavy atom. The Kier molecular flexibility index (Phi) is 12.8. The van der Waals surface area contributed by atoms with Gasteiger partial charge in [-0.15, -0.1) is 0 Å². The molecule has 3 atom stereocenters. The van der Waals surface area contributed by atoms with Crippen LogP contribution in [0.15, 0.2) is 0 Å². The molecule has 9 nitrogen and oxygen atoms in total. The lowest BCUT2D eigenvalue weighted by molar-refractivity contribution is -0.129. The van der Waals surface area contributed by atoms with Crippen LogP contribution in [-0.4, -0.2) is 59.1 Å². The van der Waals surface area contributed by atoms with Crippen LogP contribution in [0.2, 0.25) is 0 Å². The van der Waals surface area contributed by atoms with E-state index in [9.17, 15) is 23.9 Å². The van der Waals surface area contributed by atoms with Crippen LogP contribution in [0, 0.1) is 5.92 Å². The maximum absolute atomic E-state index is 12.9. The van der Waals surface area contributed by atoms with Crippen LogP contribution in [0.4, 0.5) is 0 Å². The number of carbonyl (C=O) groups is 2. The summed E-state index contributed by atoms with van der Waals surface area (Å²) in [6.07, 6.45) is 5.93. The number of nitrogens with one attached hydrogen (secondary N) is 3. The van der Waals surface area contributed by atoms with Crippen molar-refractivity contribution in [1.82, 2.24) is 16.0 Å². The fraction of sp³-hybridized carbons (Fsp3) is 0.900. The topological polar surface area (TPSA) is 142 Å². The van der Waals surface area contributed by atoms with Crippen LogP contribution in [-0.2, 0) is 14.2 Å². The number of hydrogen-bond acceptors (Lipinski definition) is 4. The summed E-state index contributed by atoms with van der Waals surface area (Å²) in [7, 11) is -4.44. The van der Waals surface area contributed by atoms with Crippen molar-refractivity contribution in [3.63, 3.8) is 0 Å². The molecule has 30 heavy (non-hydrogen) atoms. The molecule has 0 aromatic heterocycles. The molecule has 0 bridgehead atoms. The summed E-state index contributed by atoms with van der Waals surface area (Å²) < 4.78 is 11.7. The Labute approximate surface area is 180 Å². The Hall–Kier alpha value is -0.990. The number of hydrogen-bond donors (Lipinski definition) is 5. The minimum absolute atomic E-state index is 0.108. The summed E-state index contributed by atoms with van der Waals surface area (Å²) in [6.45, 7) is 7.78. The van der Waals surface area contributed by atoms with Crippen molar-refractivity contribution in [2.75, 3.05) is 19.6 Å². The molecule has 1 aliphatic heterocycles. The quantitative estimate of drug-likeness (QED) is 0.361. The Morgan fingerprint density at radius 1 is 1.17 bits per heavy atom. The molecular formula is C20H40N4O5P-. The molecule has 2 amide bonds. The lowest BCUT2D eigenvalue weighted by atomic mass is 10.0. The van der Waals surface area contributed by atoms with E-state index in [2.05, 4.69) is 21.3 Å². The van der Waals surface area contributed by atoms with Gasteiger partial charge in [0.2, 0.25) is 11.8 Å². The lowest BCUT2D eigenvalue weighted by Crippen LogP contribution is -2.50. The van der Waals surface area contributed by atoms with Gasteiger partial charge in [-0.2, -0.15) is 0 Å². The second-order valence-electron chi connectivity index (χ2n) is 8.43. The molecule has 1 aliphatic rings. The molecule has 1 rings (SSSR count). The van der Waals surface area contributed by atoms with E-state index in [1.807, 2.05) is 13.8 Å². The molecule has 176 valence electrons. The van der Waals surface area contributed by atoms with E-state index in [1.165, 1.54) is 0 Å². The molecule has 0 aromatic rings. The first-order valence-corrected chi connectivity index (χ1v) is 12.9. The molecule has 1 saturated heterocycles. The molecule has 5 N–H and O–H groups in total. The van der Waals surface area contributed by atoms with Crippen LogP contribution in [0.25, 0.3) is 5.32 Å². The zero-order valence-electron chi connectivity index (χ0n) is 18.6. The SMILES string of the molecule is CCC([N-][C@@H](CC(C)C)C(=O)N[C@H]1CCCNCCCCCCNC1=O)P(=O)(O)O. The standard InChI is InChI=1S/C20H40N4O5P/c1-4-18(30(27,28)29)23-17(14-15(2)3)20(26)24-16-10-9-12-21-11-7-5-6-8-13-22-19(16)25/h15-18,21H,4-14H2,1-3H3,(H,22,25)(H,24,26)(H2,27,28,29)/q-1/t16-,17-,18?/m0/s1. The lowest BCUT2D eigenvalue weighted by Gasteiger charge is -2.39. The molecule has 0 saturated carbocycles. The number of rotatable bonds is 8. The zero-order chi connectivity index (χ0) is 22.6. The smallest absolute Gasteiger partial charge is 0.308 e. The summed E-state index contributed by atoms with van der Waals surface area (Å²) in [4.78, 5) is 44.6. The largest absolute Gasteiger partial charge is 0.639 e. The summed E-state index contributed by atoms with van der Waals surface area (Å²) in [6, 6.07) is -1.59. The van der Waals surface area contributed by atoms with Gasteiger partial charge in [-0.1, -0.05) is 52.5 Å². The molecule has 0 aliphatic carbocycles. The summed E-state index contributed by atoms with van der Waals surface area (Å²) in [5, 5.41) is 13.3. The van der Waals surface area contributed by atoms with Crippen molar-refractivity contribution in [2.24, 2.45) is 5.92 Å². The monoisotopic (exact) mass is 447 g/mol. The predicted molar refractivity (Wildman–Crippen MR) is 118 cm³/mol. The first kappa shape index (κ1) is 27.0. The van der Waals surface area contributed by atoms with Crippen molar-refractivity contribution in [1.29, 1.82) is 0 Å². The van der Waals surface area contributed by atoms with Crippen molar-refractivity contribution < 1.29 is 23.9 Å². The summed E-state index contributed by atoms with van der Waals surface area (Å²) >= 11 is 0. The molecular weight excluding hydrogens is 407 g/mol. The van der Waals surface area contributed by atoms with Crippen molar-refractivity contribution in [2.45, 2.75) is 90.0 Å². The van der Waals surface area contributed by atoms with Gasteiger partial charge in [-0.3, -0.25) is 14.2 Å². The first-order chi connectivity index (χ1) is 14.1. The van der Waals surface area contributed by atoms with E-state index in [0.717, 1.165) is 45.2 Å². The Balaban J connectivity index is 2.84. The fourth-order valence-corrected chi connectivity index (χ4v) is 4.29. The van der Waals surface area contributed by atoms with Gasteiger partial charge in [0, 0.05) is 6.54 Å². The molecule has 0 spiro atoms. The van der Waals surface area contributed by atoms with Gasteiger partial charge >= 0.3 is 7.60 Å². The van der Waals surface area contributed by atoms with Crippen LogP contribution >= 0.6 is 7.60 Å². The van der Waals surface area contributed by atoms with Gasteiger partial charge in [0.25, 0.3) is 0 Å². The van der Waals surface area contributed by atoms with Crippen LogP contribution in [0.5, 0.6) is 0 Å².